The molecule has 1 fully saturated rings. The number of benzene rings is 1. The topological polar surface area (TPSA) is 82.2 Å². The number of furan rings is 1. The van der Waals surface area contributed by atoms with Crippen molar-refractivity contribution in [2.24, 2.45) is 0 Å². The van der Waals surface area contributed by atoms with E-state index in [4.69, 9.17) is 9.15 Å². The molecule has 1 aromatic carbocycles. The summed E-state index contributed by atoms with van der Waals surface area (Å²) < 4.78 is 13.3. The number of amides is 1. The van der Waals surface area contributed by atoms with Crippen LogP contribution in [0.1, 0.15) is 29.7 Å². The summed E-state index contributed by atoms with van der Waals surface area (Å²) >= 11 is 1.38. The lowest BCUT2D eigenvalue weighted by atomic mass is 10.1. The number of aromatic nitrogens is 3. The van der Waals surface area contributed by atoms with E-state index in [1.54, 1.807) is 6.26 Å². The third-order valence-electron chi connectivity index (χ3n) is 5.22. The Kier molecular flexibility index (Phi) is 6.24. The van der Waals surface area contributed by atoms with E-state index in [0.717, 1.165) is 47.8 Å². The fourth-order valence-corrected chi connectivity index (χ4v) is 4.39. The predicted octanol–water partition coefficient (Wildman–Crippen LogP) is 4.37. The monoisotopic (exact) mass is 426 g/mol. The minimum Gasteiger partial charge on any atom is -0.469 e. The quantitative estimate of drug-likeness (QED) is 0.565. The maximum absolute atomic E-state index is 12.5. The van der Waals surface area contributed by atoms with Gasteiger partial charge in [0.2, 0.25) is 5.91 Å². The zero-order chi connectivity index (χ0) is 21.1. The first kappa shape index (κ1) is 20.7. The fourth-order valence-electron chi connectivity index (χ4n) is 3.64. The number of nitrogens with one attached hydrogen (secondary N) is 1. The molecule has 1 aliphatic rings. The highest BCUT2D eigenvalue weighted by Gasteiger charge is 2.23. The molecule has 0 bridgehead atoms. The number of thioether (sulfide) groups is 1. The Bertz CT molecular complexity index is 1040. The SMILES string of the molecule is Cc1ccc(NC(=O)CSc2nnc(-c3ccoc3C)n2CC2CCCO2)c(C)c1. The molecular formula is C22H26N4O3S. The largest absolute Gasteiger partial charge is 0.469 e. The molecule has 7 nitrogen and oxygen atoms in total. The van der Waals surface area contributed by atoms with Crippen LogP contribution in [0.15, 0.2) is 40.1 Å². The number of nitrogens with zero attached hydrogens (tertiary/aromatic N) is 3. The second-order valence-electron chi connectivity index (χ2n) is 7.60. The minimum absolute atomic E-state index is 0.0698. The highest BCUT2D eigenvalue weighted by molar-refractivity contribution is 7.99. The van der Waals surface area contributed by atoms with Crippen LogP contribution in [0.3, 0.4) is 0 Å². The molecule has 4 rings (SSSR count). The summed E-state index contributed by atoms with van der Waals surface area (Å²) in [7, 11) is 0. The van der Waals surface area contributed by atoms with Gasteiger partial charge in [0.05, 0.1) is 30.2 Å². The van der Waals surface area contributed by atoms with Gasteiger partial charge in [-0.3, -0.25) is 9.36 Å². The zero-order valence-electron chi connectivity index (χ0n) is 17.5. The standard InChI is InChI=1S/C22H26N4O3S/c1-14-6-7-19(15(2)11-14)23-20(27)13-30-22-25-24-21(18-8-10-28-16(18)3)26(22)12-17-5-4-9-29-17/h6-8,10-11,17H,4-5,9,12-13H2,1-3H3,(H,23,27). The van der Waals surface area contributed by atoms with Gasteiger partial charge in [-0.05, 0) is 51.3 Å². The molecule has 1 saturated heterocycles. The molecule has 158 valence electrons. The lowest BCUT2D eigenvalue weighted by molar-refractivity contribution is -0.113. The van der Waals surface area contributed by atoms with E-state index in [0.29, 0.717) is 11.7 Å². The van der Waals surface area contributed by atoms with Gasteiger partial charge in [-0.2, -0.15) is 0 Å². The van der Waals surface area contributed by atoms with Crippen LogP contribution in [0.2, 0.25) is 0 Å². The smallest absolute Gasteiger partial charge is 0.234 e. The van der Waals surface area contributed by atoms with Gasteiger partial charge in [-0.1, -0.05) is 29.5 Å². The molecule has 0 radical (unpaired) electrons. The maximum atomic E-state index is 12.5. The molecule has 3 aromatic rings. The number of carbonyl (C=O) groups is 1. The van der Waals surface area contributed by atoms with Crippen LogP contribution < -0.4 is 5.32 Å². The summed E-state index contributed by atoms with van der Waals surface area (Å²) in [6.45, 7) is 7.38. The fraction of sp³-hybridized carbons (Fsp3) is 0.409. The first-order valence-corrected chi connectivity index (χ1v) is 11.1. The van der Waals surface area contributed by atoms with E-state index in [2.05, 4.69) is 21.6 Å². The third-order valence-corrected chi connectivity index (χ3v) is 6.18. The van der Waals surface area contributed by atoms with Crippen molar-refractivity contribution in [1.82, 2.24) is 14.8 Å². The van der Waals surface area contributed by atoms with Crippen LogP contribution in [0.5, 0.6) is 0 Å². The lowest BCUT2D eigenvalue weighted by Gasteiger charge is -2.14. The second kappa shape index (κ2) is 9.06. The maximum Gasteiger partial charge on any atom is 0.234 e. The Hall–Kier alpha value is -2.58. The van der Waals surface area contributed by atoms with E-state index in [1.165, 1.54) is 17.3 Å². The van der Waals surface area contributed by atoms with Crippen molar-refractivity contribution >= 4 is 23.4 Å². The molecule has 1 amide bonds. The van der Waals surface area contributed by atoms with E-state index < -0.39 is 0 Å². The van der Waals surface area contributed by atoms with Crippen molar-refractivity contribution in [3.63, 3.8) is 0 Å². The number of anilines is 1. The number of hydrogen-bond donors (Lipinski definition) is 1. The van der Waals surface area contributed by atoms with Crippen molar-refractivity contribution < 1.29 is 13.9 Å². The van der Waals surface area contributed by atoms with Crippen molar-refractivity contribution in [2.45, 2.75) is 51.4 Å². The van der Waals surface area contributed by atoms with Crippen LogP contribution in [-0.4, -0.2) is 39.1 Å². The van der Waals surface area contributed by atoms with Crippen LogP contribution >= 0.6 is 11.8 Å². The summed E-state index contributed by atoms with van der Waals surface area (Å²) in [6, 6.07) is 7.88. The second-order valence-corrected chi connectivity index (χ2v) is 8.54. The molecule has 8 heteroatoms. The normalized spacial score (nSPS) is 16.2. The van der Waals surface area contributed by atoms with Crippen molar-refractivity contribution in [3.05, 3.63) is 47.4 Å². The van der Waals surface area contributed by atoms with Gasteiger partial charge in [-0.25, -0.2) is 0 Å². The molecule has 2 aromatic heterocycles. The van der Waals surface area contributed by atoms with Gasteiger partial charge in [0, 0.05) is 12.3 Å². The first-order chi connectivity index (χ1) is 14.5. The van der Waals surface area contributed by atoms with Gasteiger partial charge in [0.25, 0.3) is 0 Å². The molecule has 3 heterocycles. The Morgan fingerprint density at radius 3 is 2.83 bits per heavy atom. The average Bonchev–Trinajstić information content (AvgIpc) is 3.45. The number of aryl methyl sites for hydroxylation is 3. The van der Waals surface area contributed by atoms with Gasteiger partial charge in [0.15, 0.2) is 11.0 Å². The average molecular weight is 427 g/mol. The third kappa shape index (κ3) is 4.60. The Morgan fingerprint density at radius 1 is 1.27 bits per heavy atom. The number of hydrogen-bond acceptors (Lipinski definition) is 6. The van der Waals surface area contributed by atoms with Crippen molar-refractivity contribution in [3.8, 4) is 11.4 Å². The van der Waals surface area contributed by atoms with Gasteiger partial charge < -0.3 is 14.5 Å². The molecule has 1 unspecified atom stereocenters. The van der Waals surface area contributed by atoms with Gasteiger partial charge in [0.1, 0.15) is 5.76 Å². The van der Waals surface area contributed by atoms with Gasteiger partial charge in [-0.15, -0.1) is 10.2 Å². The molecule has 0 saturated carbocycles. The van der Waals surface area contributed by atoms with E-state index >= 15 is 0 Å². The summed E-state index contributed by atoms with van der Waals surface area (Å²) in [4.78, 5) is 12.5. The molecule has 30 heavy (non-hydrogen) atoms. The Labute approximate surface area is 180 Å². The van der Waals surface area contributed by atoms with Crippen molar-refractivity contribution in [2.75, 3.05) is 17.7 Å². The predicted molar refractivity (Wildman–Crippen MR) is 117 cm³/mol. The minimum atomic E-state index is -0.0698. The number of ether oxygens (including phenoxy) is 1. The number of carbonyl (C=O) groups excluding carboxylic acids is 1. The van der Waals surface area contributed by atoms with Crippen LogP contribution in [-0.2, 0) is 16.1 Å². The van der Waals surface area contributed by atoms with Crippen LogP contribution in [0.25, 0.3) is 11.4 Å². The van der Waals surface area contributed by atoms with Crippen molar-refractivity contribution in [1.29, 1.82) is 0 Å². The molecule has 1 atom stereocenters. The molecule has 1 N–H and O–H groups in total. The summed E-state index contributed by atoms with van der Waals surface area (Å²) in [5.41, 5.74) is 3.96. The van der Waals surface area contributed by atoms with E-state index in [9.17, 15) is 4.79 Å². The Balaban J connectivity index is 1.49. The van der Waals surface area contributed by atoms with Crippen LogP contribution in [0, 0.1) is 20.8 Å². The first-order valence-electron chi connectivity index (χ1n) is 10.1. The summed E-state index contributed by atoms with van der Waals surface area (Å²) in [6.07, 6.45) is 3.86. The highest BCUT2D eigenvalue weighted by Crippen LogP contribution is 2.29. The molecule has 1 aliphatic heterocycles. The Morgan fingerprint density at radius 2 is 2.13 bits per heavy atom. The number of rotatable bonds is 7. The molecule has 0 aliphatic carbocycles. The zero-order valence-corrected chi connectivity index (χ0v) is 18.3. The molecular weight excluding hydrogens is 400 g/mol. The highest BCUT2D eigenvalue weighted by atomic mass is 32.2. The van der Waals surface area contributed by atoms with E-state index in [-0.39, 0.29) is 17.8 Å². The summed E-state index contributed by atoms with van der Waals surface area (Å²) in [5, 5.41) is 12.4. The van der Waals surface area contributed by atoms with Crippen LogP contribution in [0.4, 0.5) is 5.69 Å². The lowest BCUT2D eigenvalue weighted by Crippen LogP contribution is -2.18. The van der Waals surface area contributed by atoms with Gasteiger partial charge >= 0.3 is 0 Å². The van der Waals surface area contributed by atoms with E-state index in [1.807, 2.05) is 43.5 Å². The molecule has 0 spiro atoms. The summed E-state index contributed by atoms with van der Waals surface area (Å²) in [5.74, 6) is 1.72.